The average Bonchev–Trinajstić information content (AvgIpc) is 2.40. The van der Waals surface area contributed by atoms with Crippen molar-refractivity contribution >= 4 is 11.7 Å². The van der Waals surface area contributed by atoms with Crippen LogP contribution in [-0.4, -0.2) is 28.5 Å². The lowest BCUT2D eigenvalue weighted by Crippen LogP contribution is -2.44. The van der Waals surface area contributed by atoms with Crippen molar-refractivity contribution in [3.05, 3.63) is 28.2 Å². The van der Waals surface area contributed by atoms with Crippen LogP contribution < -0.4 is 10.9 Å². The molecule has 8 heteroatoms. The minimum Gasteiger partial charge on any atom is -0.327 e. The Kier molecular flexibility index (Phi) is 5.62. The third-order valence-corrected chi connectivity index (χ3v) is 3.53. The molecule has 5 nitrogen and oxygen atoms in total. The monoisotopic (exact) mass is 319 g/mol. The molecular weight excluding hydrogens is 299 g/mol. The zero-order valence-corrected chi connectivity index (χ0v) is 12.9. The second-order valence-electron chi connectivity index (χ2n) is 5.33. The van der Waals surface area contributed by atoms with Crippen LogP contribution in [0.5, 0.6) is 0 Å². The number of H-pyrrole nitrogens is 1. The molecule has 0 fully saturated rings. The van der Waals surface area contributed by atoms with Crippen LogP contribution in [0.15, 0.2) is 17.1 Å². The smallest absolute Gasteiger partial charge is 0.327 e. The van der Waals surface area contributed by atoms with Gasteiger partial charge in [0.2, 0.25) is 0 Å². The predicted molar refractivity (Wildman–Crippen MR) is 77.8 cm³/mol. The van der Waals surface area contributed by atoms with Crippen molar-refractivity contribution in [3.8, 4) is 0 Å². The molecule has 2 N–H and O–H groups in total. The number of amides is 2. The summed E-state index contributed by atoms with van der Waals surface area (Å²) in [7, 11) is 0. The topological polar surface area (TPSA) is 65.2 Å². The van der Waals surface area contributed by atoms with E-state index in [1.165, 1.54) is 4.90 Å². The maximum Gasteiger partial charge on any atom is 0.417 e. The van der Waals surface area contributed by atoms with Crippen molar-refractivity contribution < 1.29 is 18.0 Å². The highest BCUT2D eigenvalue weighted by Crippen LogP contribution is 2.29. The Morgan fingerprint density at radius 3 is 2.41 bits per heavy atom. The van der Waals surface area contributed by atoms with E-state index in [-0.39, 0.29) is 12.0 Å². The molecule has 1 atom stereocenters. The standard InChI is InChI=1S/C14H20F3N3O2/c1-5-20(9(4)8(2)3)13(22)19-11-6-10(14(15,16)17)7-18-12(11)21/h6-9H,5H2,1-4H3,(H,18,21)(H,19,22). The van der Waals surface area contributed by atoms with Gasteiger partial charge in [0.15, 0.2) is 0 Å². The zero-order chi connectivity index (χ0) is 17.1. The number of aromatic nitrogens is 1. The average molecular weight is 319 g/mol. The molecule has 0 aliphatic heterocycles. The molecule has 1 unspecified atom stereocenters. The molecule has 1 rings (SSSR count). The first-order valence-corrected chi connectivity index (χ1v) is 6.95. The van der Waals surface area contributed by atoms with Crippen molar-refractivity contribution in [1.29, 1.82) is 0 Å². The first-order valence-electron chi connectivity index (χ1n) is 6.95. The van der Waals surface area contributed by atoms with Gasteiger partial charge >= 0.3 is 12.2 Å². The van der Waals surface area contributed by atoms with Gasteiger partial charge in [0.25, 0.3) is 5.56 Å². The molecule has 1 heterocycles. The van der Waals surface area contributed by atoms with Crippen molar-refractivity contribution in [2.45, 2.75) is 39.9 Å². The van der Waals surface area contributed by atoms with E-state index in [9.17, 15) is 22.8 Å². The third kappa shape index (κ3) is 4.25. The normalized spacial score (nSPS) is 13.1. The summed E-state index contributed by atoms with van der Waals surface area (Å²) in [4.78, 5) is 27.2. The van der Waals surface area contributed by atoms with Crippen molar-refractivity contribution in [2.75, 3.05) is 11.9 Å². The van der Waals surface area contributed by atoms with Crippen LogP contribution in [0, 0.1) is 5.92 Å². The van der Waals surface area contributed by atoms with Crippen molar-refractivity contribution in [2.24, 2.45) is 5.92 Å². The Morgan fingerprint density at radius 1 is 1.36 bits per heavy atom. The number of hydrogen-bond acceptors (Lipinski definition) is 2. The molecule has 1 aromatic heterocycles. The van der Waals surface area contributed by atoms with Gasteiger partial charge in [-0.1, -0.05) is 13.8 Å². The van der Waals surface area contributed by atoms with Gasteiger partial charge in [0.1, 0.15) is 5.69 Å². The van der Waals surface area contributed by atoms with Crippen LogP contribution in [0.3, 0.4) is 0 Å². The summed E-state index contributed by atoms with van der Waals surface area (Å²) < 4.78 is 38.0. The molecule has 0 aliphatic carbocycles. The summed E-state index contributed by atoms with van der Waals surface area (Å²) in [6.45, 7) is 7.83. The van der Waals surface area contributed by atoms with Crippen LogP contribution in [0.25, 0.3) is 0 Å². The van der Waals surface area contributed by atoms with Gasteiger partial charge in [-0.15, -0.1) is 0 Å². The number of urea groups is 1. The van der Waals surface area contributed by atoms with Gasteiger partial charge in [-0.25, -0.2) is 4.79 Å². The van der Waals surface area contributed by atoms with Gasteiger partial charge in [-0.05, 0) is 25.8 Å². The Bertz CT molecular complexity index is 581. The van der Waals surface area contributed by atoms with Crippen LogP contribution >= 0.6 is 0 Å². The Balaban J connectivity index is 3.03. The number of rotatable bonds is 4. The van der Waals surface area contributed by atoms with E-state index in [1.54, 1.807) is 6.92 Å². The summed E-state index contributed by atoms with van der Waals surface area (Å²) in [5.74, 6) is 0.172. The number of carbonyl (C=O) groups excluding carboxylic acids is 1. The first kappa shape index (κ1) is 18.1. The minimum atomic E-state index is -4.60. The van der Waals surface area contributed by atoms with E-state index in [0.29, 0.717) is 18.8 Å². The van der Waals surface area contributed by atoms with Gasteiger partial charge in [0, 0.05) is 18.8 Å². The van der Waals surface area contributed by atoms with E-state index in [2.05, 4.69) is 5.32 Å². The lowest BCUT2D eigenvalue weighted by atomic mass is 10.1. The van der Waals surface area contributed by atoms with E-state index < -0.39 is 29.0 Å². The van der Waals surface area contributed by atoms with E-state index in [0.717, 1.165) is 0 Å². The van der Waals surface area contributed by atoms with Crippen LogP contribution in [0.2, 0.25) is 0 Å². The number of hydrogen-bond donors (Lipinski definition) is 2. The molecule has 0 radical (unpaired) electrons. The molecule has 0 aromatic carbocycles. The molecular formula is C14H20F3N3O2. The number of anilines is 1. The van der Waals surface area contributed by atoms with E-state index in [4.69, 9.17) is 0 Å². The lowest BCUT2D eigenvalue weighted by Gasteiger charge is -2.30. The fourth-order valence-corrected chi connectivity index (χ4v) is 1.90. The quantitative estimate of drug-likeness (QED) is 0.894. The Morgan fingerprint density at radius 2 is 1.95 bits per heavy atom. The molecule has 124 valence electrons. The van der Waals surface area contributed by atoms with Gasteiger partial charge < -0.3 is 15.2 Å². The maximum atomic E-state index is 12.7. The van der Waals surface area contributed by atoms with E-state index >= 15 is 0 Å². The largest absolute Gasteiger partial charge is 0.417 e. The Hall–Kier alpha value is -1.99. The van der Waals surface area contributed by atoms with Crippen LogP contribution in [0.1, 0.15) is 33.3 Å². The molecule has 22 heavy (non-hydrogen) atoms. The second-order valence-corrected chi connectivity index (χ2v) is 5.33. The number of halogens is 3. The maximum absolute atomic E-state index is 12.7. The van der Waals surface area contributed by atoms with E-state index in [1.807, 2.05) is 25.8 Å². The predicted octanol–water partition coefficient (Wildman–Crippen LogP) is 3.29. The lowest BCUT2D eigenvalue weighted by molar-refractivity contribution is -0.137. The van der Waals surface area contributed by atoms with Crippen molar-refractivity contribution in [1.82, 2.24) is 9.88 Å². The molecule has 0 saturated heterocycles. The summed E-state index contributed by atoms with van der Waals surface area (Å²) in [5.41, 5.74) is -2.23. The number of pyridine rings is 1. The summed E-state index contributed by atoms with van der Waals surface area (Å²) in [5, 5.41) is 2.25. The first-order chi connectivity index (χ1) is 10.1. The molecule has 0 saturated carbocycles. The number of aromatic amines is 1. The molecule has 0 aliphatic rings. The SMILES string of the molecule is CCN(C(=O)Nc1cc(C(F)(F)F)c[nH]c1=O)C(C)C(C)C. The van der Waals surface area contributed by atoms with Gasteiger partial charge in [-0.3, -0.25) is 4.79 Å². The third-order valence-electron chi connectivity index (χ3n) is 3.53. The zero-order valence-electron chi connectivity index (χ0n) is 12.9. The van der Waals surface area contributed by atoms with Crippen LogP contribution in [-0.2, 0) is 6.18 Å². The highest BCUT2D eigenvalue weighted by molar-refractivity contribution is 5.89. The van der Waals surface area contributed by atoms with Gasteiger partial charge in [0.05, 0.1) is 5.56 Å². The molecule has 0 bridgehead atoms. The molecule has 2 amide bonds. The fourth-order valence-electron chi connectivity index (χ4n) is 1.90. The number of carbonyl (C=O) groups is 1. The van der Waals surface area contributed by atoms with Crippen molar-refractivity contribution in [3.63, 3.8) is 0 Å². The fraction of sp³-hybridized carbons (Fsp3) is 0.571. The summed E-state index contributed by atoms with van der Waals surface area (Å²) in [6.07, 6.45) is -4.02. The second kappa shape index (κ2) is 6.85. The highest BCUT2D eigenvalue weighted by atomic mass is 19.4. The number of alkyl halides is 3. The highest BCUT2D eigenvalue weighted by Gasteiger charge is 2.32. The Labute approximate surface area is 126 Å². The minimum absolute atomic E-state index is 0.116. The molecule has 1 aromatic rings. The molecule has 0 spiro atoms. The van der Waals surface area contributed by atoms with Crippen LogP contribution in [0.4, 0.5) is 23.7 Å². The number of nitrogens with zero attached hydrogens (tertiary/aromatic N) is 1. The number of nitrogens with one attached hydrogen (secondary N) is 2. The summed E-state index contributed by atoms with van der Waals surface area (Å²) >= 11 is 0. The van der Waals surface area contributed by atoms with Gasteiger partial charge in [-0.2, -0.15) is 13.2 Å². The summed E-state index contributed by atoms with van der Waals surface area (Å²) in [6, 6.07) is -0.0895.